The molecule has 0 atom stereocenters. The second-order valence-corrected chi connectivity index (χ2v) is 6.91. The molecule has 1 aliphatic heterocycles. The Morgan fingerprint density at radius 1 is 1.47 bits per heavy atom. The van der Waals surface area contributed by atoms with Crippen LogP contribution in [0, 0.1) is 5.92 Å². The van der Waals surface area contributed by atoms with Crippen LogP contribution in [-0.4, -0.2) is 48.5 Å². The molecule has 1 aromatic rings. The molecule has 2 heterocycles. The number of nitrogens with one attached hydrogen (secondary N) is 1. The number of aryl methyl sites for hydroxylation is 1. The molecule has 6 nitrogen and oxygen atoms in total. The summed E-state index contributed by atoms with van der Waals surface area (Å²) in [4.78, 5) is 3.97. The van der Waals surface area contributed by atoms with Crippen molar-refractivity contribution in [3.63, 3.8) is 0 Å². The van der Waals surface area contributed by atoms with Gasteiger partial charge in [0, 0.05) is 26.3 Å². The number of piperidine rings is 1. The molecule has 1 fully saturated rings. The van der Waals surface area contributed by atoms with E-state index in [4.69, 9.17) is 0 Å². The van der Waals surface area contributed by atoms with Crippen LogP contribution >= 0.6 is 0 Å². The van der Waals surface area contributed by atoms with Crippen LogP contribution in [0.3, 0.4) is 0 Å². The molecule has 2 rings (SSSR count). The summed E-state index contributed by atoms with van der Waals surface area (Å²) in [5, 5.41) is 3.44. The monoisotopic (exact) mass is 286 g/mol. The molecular formula is C12H22N4O2S. The summed E-state index contributed by atoms with van der Waals surface area (Å²) in [6.45, 7) is 4.92. The lowest BCUT2D eigenvalue weighted by Crippen LogP contribution is -2.39. The number of rotatable bonds is 5. The molecule has 7 heteroatoms. The van der Waals surface area contributed by atoms with Crippen molar-refractivity contribution in [2.45, 2.75) is 24.8 Å². The lowest BCUT2D eigenvalue weighted by Gasteiger charge is -2.28. The van der Waals surface area contributed by atoms with Crippen molar-refractivity contribution in [1.29, 1.82) is 0 Å². The van der Waals surface area contributed by atoms with Crippen molar-refractivity contribution in [1.82, 2.24) is 19.2 Å². The molecule has 108 valence electrons. The third-order valence-electron chi connectivity index (χ3n) is 3.56. The van der Waals surface area contributed by atoms with E-state index in [2.05, 4.69) is 10.3 Å². The number of hydrogen-bond donors (Lipinski definition) is 1. The maximum atomic E-state index is 12.5. The van der Waals surface area contributed by atoms with Gasteiger partial charge in [0.25, 0.3) is 10.0 Å². The number of nitrogens with zero attached hydrogens (tertiary/aromatic N) is 3. The van der Waals surface area contributed by atoms with Crippen LogP contribution in [0.4, 0.5) is 0 Å². The Kier molecular flexibility index (Phi) is 4.59. The van der Waals surface area contributed by atoms with Crippen molar-refractivity contribution in [3.05, 3.63) is 12.5 Å². The molecule has 0 unspecified atom stereocenters. The average Bonchev–Trinajstić information content (AvgIpc) is 2.84. The fraction of sp³-hybridized carbons (Fsp3) is 0.750. The molecule has 1 saturated heterocycles. The predicted molar refractivity (Wildman–Crippen MR) is 73.2 cm³/mol. The topological polar surface area (TPSA) is 67.2 Å². The first-order valence-corrected chi connectivity index (χ1v) is 8.17. The Balaban J connectivity index is 2.11. The average molecular weight is 286 g/mol. The maximum Gasteiger partial charge on any atom is 0.262 e. The largest absolute Gasteiger partial charge is 0.339 e. The van der Waals surface area contributed by atoms with Gasteiger partial charge >= 0.3 is 0 Å². The summed E-state index contributed by atoms with van der Waals surface area (Å²) >= 11 is 0. The van der Waals surface area contributed by atoms with E-state index in [1.165, 1.54) is 6.33 Å². The molecule has 0 bridgehead atoms. The molecule has 0 aliphatic carbocycles. The van der Waals surface area contributed by atoms with Gasteiger partial charge in [-0.2, -0.15) is 4.31 Å². The minimum Gasteiger partial charge on any atom is -0.339 e. The van der Waals surface area contributed by atoms with E-state index in [9.17, 15) is 8.42 Å². The smallest absolute Gasteiger partial charge is 0.262 e. The highest BCUT2D eigenvalue weighted by Crippen LogP contribution is 2.19. The minimum atomic E-state index is -3.45. The van der Waals surface area contributed by atoms with Gasteiger partial charge < -0.3 is 9.88 Å². The molecule has 1 aliphatic rings. The van der Waals surface area contributed by atoms with E-state index in [0.29, 0.717) is 19.0 Å². The van der Waals surface area contributed by atoms with Gasteiger partial charge in [-0.1, -0.05) is 6.92 Å². The van der Waals surface area contributed by atoms with Crippen molar-refractivity contribution >= 4 is 10.0 Å². The van der Waals surface area contributed by atoms with Crippen LogP contribution in [0.25, 0.3) is 0 Å². The van der Waals surface area contributed by atoms with Crippen LogP contribution in [0.15, 0.2) is 17.6 Å². The van der Waals surface area contributed by atoms with Gasteiger partial charge in [0.2, 0.25) is 0 Å². The summed E-state index contributed by atoms with van der Waals surface area (Å²) in [5.41, 5.74) is 0. The fourth-order valence-electron chi connectivity index (χ4n) is 2.40. The number of aromatic nitrogens is 2. The standard InChI is InChI=1S/C12H22N4O2S/c1-3-16(8-11-4-6-13-7-5-11)19(17,18)12-9-15(2)10-14-12/h9-11,13H,3-8H2,1-2H3. The zero-order valence-electron chi connectivity index (χ0n) is 11.5. The third kappa shape index (κ3) is 3.34. The van der Waals surface area contributed by atoms with Crippen molar-refractivity contribution < 1.29 is 8.42 Å². The first-order valence-electron chi connectivity index (χ1n) is 6.73. The molecule has 0 aromatic carbocycles. The van der Waals surface area contributed by atoms with Crippen molar-refractivity contribution in [2.75, 3.05) is 26.2 Å². The van der Waals surface area contributed by atoms with Gasteiger partial charge in [0.05, 0.1) is 6.33 Å². The number of imidazole rings is 1. The highest BCUT2D eigenvalue weighted by atomic mass is 32.2. The molecule has 19 heavy (non-hydrogen) atoms. The molecule has 0 amide bonds. The van der Waals surface area contributed by atoms with E-state index < -0.39 is 10.0 Å². The van der Waals surface area contributed by atoms with E-state index in [1.54, 1.807) is 22.1 Å². The zero-order valence-corrected chi connectivity index (χ0v) is 12.4. The van der Waals surface area contributed by atoms with E-state index in [1.807, 2.05) is 6.92 Å². The third-order valence-corrected chi connectivity index (χ3v) is 5.39. The summed E-state index contributed by atoms with van der Waals surface area (Å²) in [5.74, 6) is 0.444. The van der Waals surface area contributed by atoms with Gasteiger partial charge in [0.15, 0.2) is 5.03 Å². The van der Waals surface area contributed by atoms with Gasteiger partial charge in [-0.3, -0.25) is 0 Å². The lowest BCUT2D eigenvalue weighted by molar-refractivity contribution is 0.294. The molecule has 0 spiro atoms. The zero-order chi connectivity index (χ0) is 13.9. The Morgan fingerprint density at radius 2 is 2.16 bits per heavy atom. The maximum absolute atomic E-state index is 12.5. The SMILES string of the molecule is CCN(CC1CCNCC1)S(=O)(=O)c1cn(C)cn1. The van der Waals surface area contributed by atoms with Crippen LogP contribution in [0.1, 0.15) is 19.8 Å². The van der Waals surface area contributed by atoms with Crippen LogP contribution < -0.4 is 5.32 Å². The van der Waals surface area contributed by atoms with E-state index in [0.717, 1.165) is 25.9 Å². The Bertz CT molecular complexity index is 506. The lowest BCUT2D eigenvalue weighted by atomic mass is 9.98. The van der Waals surface area contributed by atoms with E-state index in [-0.39, 0.29) is 5.03 Å². The van der Waals surface area contributed by atoms with Gasteiger partial charge in [-0.05, 0) is 31.8 Å². The second kappa shape index (κ2) is 6.02. The summed E-state index contributed by atoms with van der Waals surface area (Å²) in [6, 6.07) is 0. The summed E-state index contributed by atoms with van der Waals surface area (Å²) in [6.07, 6.45) is 5.15. The van der Waals surface area contributed by atoms with Crippen LogP contribution in [0.5, 0.6) is 0 Å². The molecule has 1 N–H and O–H groups in total. The molecule has 0 radical (unpaired) electrons. The molecule has 0 saturated carbocycles. The Labute approximate surface area is 114 Å². The van der Waals surface area contributed by atoms with Gasteiger partial charge in [-0.15, -0.1) is 0 Å². The first-order chi connectivity index (χ1) is 9.04. The van der Waals surface area contributed by atoms with E-state index >= 15 is 0 Å². The molecule has 1 aromatic heterocycles. The highest BCUT2D eigenvalue weighted by Gasteiger charge is 2.28. The quantitative estimate of drug-likeness (QED) is 0.852. The number of hydrogen-bond acceptors (Lipinski definition) is 4. The Morgan fingerprint density at radius 3 is 2.68 bits per heavy atom. The van der Waals surface area contributed by atoms with Gasteiger partial charge in [-0.25, -0.2) is 13.4 Å². The first kappa shape index (κ1) is 14.5. The van der Waals surface area contributed by atoms with Crippen LogP contribution in [-0.2, 0) is 17.1 Å². The normalized spacial score (nSPS) is 18.1. The predicted octanol–water partition coefficient (Wildman–Crippen LogP) is 0.430. The van der Waals surface area contributed by atoms with Gasteiger partial charge in [0.1, 0.15) is 0 Å². The summed E-state index contributed by atoms with van der Waals surface area (Å²) < 4.78 is 28.2. The van der Waals surface area contributed by atoms with Crippen LogP contribution in [0.2, 0.25) is 0 Å². The minimum absolute atomic E-state index is 0.144. The highest BCUT2D eigenvalue weighted by molar-refractivity contribution is 7.89. The van der Waals surface area contributed by atoms with Crippen molar-refractivity contribution in [2.24, 2.45) is 13.0 Å². The number of sulfonamides is 1. The Hall–Kier alpha value is -0.920. The fourth-order valence-corrected chi connectivity index (χ4v) is 3.90. The molecular weight excluding hydrogens is 264 g/mol. The second-order valence-electron chi connectivity index (χ2n) is 5.03. The van der Waals surface area contributed by atoms with Crippen molar-refractivity contribution in [3.8, 4) is 0 Å². The summed E-state index contributed by atoms with van der Waals surface area (Å²) in [7, 11) is -1.68.